The Kier molecular flexibility index (Phi) is 8.10. The Labute approximate surface area is 219 Å². The first kappa shape index (κ1) is 25.8. The van der Waals surface area contributed by atoms with Crippen LogP contribution in [-0.4, -0.2) is 37.7 Å². The SMILES string of the molecule is CCOc1cc(/C=C2\C(=O)NC(=O)N(c3ccc(C)cc3)C2=O)cc(Cl)c1OCCOc1ccccc1. The molecule has 0 spiro atoms. The van der Waals surface area contributed by atoms with Crippen molar-refractivity contribution in [2.45, 2.75) is 13.8 Å². The van der Waals surface area contributed by atoms with Crippen molar-refractivity contribution in [3.63, 3.8) is 0 Å². The number of barbiturate groups is 1. The number of benzene rings is 3. The molecule has 3 aromatic rings. The number of imide groups is 2. The van der Waals surface area contributed by atoms with E-state index in [4.69, 9.17) is 25.8 Å². The summed E-state index contributed by atoms with van der Waals surface area (Å²) in [6, 6.07) is 18.5. The molecule has 0 bridgehead atoms. The first-order valence-electron chi connectivity index (χ1n) is 11.6. The van der Waals surface area contributed by atoms with Crippen LogP contribution in [0.1, 0.15) is 18.1 Å². The molecule has 0 atom stereocenters. The number of carbonyl (C=O) groups is 3. The molecule has 190 valence electrons. The fourth-order valence-electron chi connectivity index (χ4n) is 3.65. The standard InChI is InChI=1S/C28H25ClN2O6/c1-3-35-24-17-19(16-23(29)25(24)37-14-13-36-21-7-5-4-6-8-21)15-22-26(32)30-28(34)31(27(22)33)20-11-9-18(2)10-12-20/h4-12,15-17H,3,13-14H2,1-2H3,(H,30,32,34)/b22-15+. The first-order valence-corrected chi connectivity index (χ1v) is 12.0. The van der Waals surface area contributed by atoms with Crippen molar-refractivity contribution in [1.82, 2.24) is 5.32 Å². The van der Waals surface area contributed by atoms with Crippen LogP contribution in [0.5, 0.6) is 17.2 Å². The van der Waals surface area contributed by atoms with E-state index in [1.807, 2.05) is 44.2 Å². The van der Waals surface area contributed by atoms with E-state index in [-0.39, 0.29) is 23.8 Å². The number of rotatable bonds is 9. The lowest BCUT2D eigenvalue weighted by Crippen LogP contribution is -2.54. The normalized spacial score (nSPS) is 14.5. The molecule has 0 aromatic heterocycles. The maximum Gasteiger partial charge on any atom is 0.335 e. The van der Waals surface area contributed by atoms with Gasteiger partial charge in [-0.1, -0.05) is 47.5 Å². The molecule has 37 heavy (non-hydrogen) atoms. The van der Waals surface area contributed by atoms with Gasteiger partial charge in [-0.3, -0.25) is 14.9 Å². The number of ether oxygens (including phenoxy) is 3. The largest absolute Gasteiger partial charge is 0.490 e. The average molecular weight is 521 g/mol. The highest BCUT2D eigenvalue weighted by molar-refractivity contribution is 6.39. The van der Waals surface area contributed by atoms with Crippen LogP contribution in [0.4, 0.5) is 10.5 Å². The molecule has 4 amide bonds. The summed E-state index contributed by atoms with van der Waals surface area (Å²) in [5, 5.41) is 2.44. The van der Waals surface area contributed by atoms with E-state index in [0.717, 1.165) is 16.2 Å². The van der Waals surface area contributed by atoms with Gasteiger partial charge in [-0.05, 0) is 61.9 Å². The van der Waals surface area contributed by atoms with E-state index in [2.05, 4.69) is 5.32 Å². The van der Waals surface area contributed by atoms with Crippen LogP contribution >= 0.6 is 11.6 Å². The summed E-state index contributed by atoms with van der Waals surface area (Å²) in [5.41, 5.74) is 1.52. The number of hydrogen-bond acceptors (Lipinski definition) is 6. The number of nitrogens with zero attached hydrogens (tertiary/aromatic N) is 1. The second-order valence-corrected chi connectivity index (χ2v) is 8.47. The van der Waals surface area contributed by atoms with E-state index >= 15 is 0 Å². The third kappa shape index (κ3) is 6.10. The van der Waals surface area contributed by atoms with Gasteiger partial charge in [0.15, 0.2) is 11.5 Å². The molecule has 1 heterocycles. The summed E-state index contributed by atoms with van der Waals surface area (Å²) < 4.78 is 17.2. The summed E-state index contributed by atoms with van der Waals surface area (Å²) in [6.07, 6.45) is 1.36. The minimum atomic E-state index is -0.814. The first-order chi connectivity index (χ1) is 17.9. The van der Waals surface area contributed by atoms with Crippen LogP contribution in [0, 0.1) is 6.92 Å². The predicted octanol–water partition coefficient (Wildman–Crippen LogP) is 5.17. The molecule has 1 aliphatic heterocycles. The number of halogens is 1. The number of aryl methyl sites for hydroxylation is 1. The number of urea groups is 1. The monoisotopic (exact) mass is 520 g/mol. The molecular formula is C28H25ClN2O6. The maximum absolute atomic E-state index is 13.2. The van der Waals surface area contributed by atoms with Gasteiger partial charge in [0.2, 0.25) is 0 Å². The number of para-hydroxylation sites is 1. The van der Waals surface area contributed by atoms with E-state index in [1.165, 1.54) is 6.08 Å². The molecule has 8 nitrogen and oxygen atoms in total. The Bertz CT molecular complexity index is 1340. The van der Waals surface area contributed by atoms with Gasteiger partial charge >= 0.3 is 6.03 Å². The third-order valence-corrected chi connectivity index (χ3v) is 5.66. The van der Waals surface area contributed by atoms with Crippen molar-refractivity contribution >= 4 is 41.2 Å². The van der Waals surface area contributed by atoms with Gasteiger partial charge in [-0.2, -0.15) is 0 Å². The molecule has 0 unspecified atom stereocenters. The zero-order chi connectivity index (χ0) is 26.4. The fraction of sp³-hybridized carbons (Fsp3) is 0.179. The topological polar surface area (TPSA) is 94.2 Å². The molecule has 1 aliphatic rings. The number of amides is 4. The van der Waals surface area contributed by atoms with Crippen molar-refractivity contribution in [3.05, 3.63) is 88.5 Å². The van der Waals surface area contributed by atoms with E-state index in [9.17, 15) is 14.4 Å². The molecule has 1 saturated heterocycles. The van der Waals surface area contributed by atoms with Gasteiger partial charge in [0.1, 0.15) is 24.5 Å². The molecule has 0 aliphatic carbocycles. The molecule has 0 saturated carbocycles. The third-order valence-electron chi connectivity index (χ3n) is 5.38. The zero-order valence-corrected chi connectivity index (χ0v) is 21.1. The lowest BCUT2D eigenvalue weighted by Gasteiger charge is -2.26. The van der Waals surface area contributed by atoms with Crippen molar-refractivity contribution in [3.8, 4) is 17.2 Å². The smallest absolute Gasteiger partial charge is 0.335 e. The van der Waals surface area contributed by atoms with Gasteiger partial charge in [-0.25, -0.2) is 9.69 Å². The molecule has 3 aromatic carbocycles. The van der Waals surface area contributed by atoms with Crippen LogP contribution in [-0.2, 0) is 9.59 Å². The summed E-state index contributed by atoms with van der Waals surface area (Å²) in [6.45, 7) is 4.53. The summed E-state index contributed by atoms with van der Waals surface area (Å²) >= 11 is 6.49. The second kappa shape index (κ2) is 11.6. The summed E-state index contributed by atoms with van der Waals surface area (Å²) in [4.78, 5) is 39.1. The number of nitrogens with one attached hydrogen (secondary N) is 1. The number of carbonyl (C=O) groups excluding carboxylic acids is 3. The molecule has 0 radical (unpaired) electrons. The van der Waals surface area contributed by atoms with Gasteiger partial charge < -0.3 is 14.2 Å². The van der Waals surface area contributed by atoms with E-state index in [0.29, 0.717) is 29.4 Å². The van der Waals surface area contributed by atoms with E-state index in [1.54, 1.807) is 36.4 Å². The quantitative estimate of drug-likeness (QED) is 0.237. The van der Waals surface area contributed by atoms with E-state index < -0.39 is 17.8 Å². The Balaban J connectivity index is 1.56. The Morgan fingerprint density at radius 3 is 2.32 bits per heavy atom. The predicted molar refractivity (Wildman–Crippen MR) is 140 cm³/mol. The van der Waals surface area contributed by atoms with Crippen LogP contribution in [0.3, 0.4) is 0 Å². The van der Waals surface area contributed by atoms with Gasteiger partial charge in [0.25, 0.3) is 11.8 Å². The van der Waals surface area contributed by atoms with Crippen molar-refractivity contribution in [1.29, 1.82) is 0 Å². The fourth-order valence-corrected chi connectivity index (χ4v) is 3.92. The lowest BCUT2D eigenvalue weighted by molar-refractivity contribution is -0.122. The van der Waals surface area contributed by atoms with Crippen molar-refractivity contribution in [2.24, 2.45) is 0 Å². The Morgan fingerprint density at radius 2 is 1.62 bits per heavy atom. The average Bonchev–Trinajstić information content (AvgIpc) is 2.87. The van der Waals surface area contributed by atoms with Gasteiger partial charge in [0.05, 0.1) is 17.3 Å². The van der Waals surface area contributed by atoms with Crippen LogP contribution < -0.4 is 24.4 Å². The number of hydrogen-bond donors (Lipinski definition) is 1. The van der Waals surface area contributed by atoms with Crippen LogP contribution in [0.25, 0.3) is 6.08 Å². The second-order valence-electron chi connectivity index (χ2n) is 8.07. The van der Waals surface area contributed by atoms with Crippen LogP contribution in [0.15, 0.2) is 72.3 Å². The molecule has 9 heteroatoms. The highest BCUT2D eigenvalue weighted by Crippen LogP contribution is 2.37. The van der Waals surface area contributed by atoms with Crippen LogP contribution in [0.2, 0.25) is 5.02 Å². The lowest BCUT2D eigenvalue weighted by atomic mass is 10.1. The molecular weight excluding hydrogens is 496 g/mol. The molecule has 1 N–H and O–H groups in total. The minimum absolute atomic E-state index is 0.212. The van der Waals surface area contributed by atoms with Crippen molar-refractivity contribution in [2.75, 3.05) is 24.7 Å². The Hall–Kier alpha value is -4.30. The number of anilines is 1. The highest BCUT2D eigenvalue weighted by atomic mass is 35.5. The molecule has 4 rings (SSSR count). The summed E-state index contributed by atoms with van der Waals surface area (Å²) in [7, 11) is 0. The van der Waals surface area contributed by atoms with Gasteiger partial charge in [0, 0.05) is 0 Å². The minimum Gasteiger partial charge on any atom is -0.490 e. The highest BCUT2D eigenvalue weighted by Gasteiger charge is 2.36. The van der Waals surface area contributed by atoms with Gasteiger partial charge in [-0.15, -0.1) is 0 Å². The van der Waals surface area contributed by atoms with Crippen molar-refractivity contribution < 1.29 is 28.6 Å². The molecule has 1 fully saturated rings. The maximum atomic E-state index is 13.2. The Morgan fingerprint density at radius 1 is 0.919 bits per heavy atom. The zero-order valence-electron chi connectivity index (χ0n) is 20.3. The summed E-state index contributed by atoms with van der Waals surface area (Å²) in [5.74, 6) is -0.163.